The van der Waals surface area contributed by atoms with Gasteiger partial charge in [-0.1, -0.05) is 12.5 Å². The summed E-state index contributed by atoms with van der Waals surface area (Å²) in [6.07, 6.45) is 7.20. The molecule has 0 amide bonds. The maximum Gasteiger partial charge on any atom is 0.0464 e. The van der Waals surface area contributed by atoms with Gasteiger partial charge in [-0.25, -0.2) is 0 Å². The summed E-state index contributed by atoms with van der Waals surface area (Å²) in [5, 5.41) is 17.7. The lowest BCUT2D eigenvalue weighted by atomic mass is 9.92. The number of rotatable bonds is 7. The molecule has 0 radical (unpaired) electrons. The fourth-order valence-electron chi connectivity index (χ4n) is 2.22. The number of unbranched alkanes of at least 4 members (excludes halogenated alkanes) is 1. The molecule has 1 fully saturated rings. The van der Waals surface area contributed by atoms with Gasteiger partial charge in [0.15, 0.2) is 0 Å². The molecule has 0 aromatic carbocycles. The highest BCUT2D eigenvalue weighted by molar-refractivity contribution is 5.04. The first-order valence-corrected chi connectivity index (χ1v) is 5.11. The van der Waals surface area contributed by atoms with Crippen molar-refractivity contribution in [1.29, 1.82) is 0 Å². The third kappa shape index (κ3) is 2.55. The smallest absolute Gasteiger partial charge is 0.0464 e. The van der Waals surface area contributed by atoms with Crippen LogP contribution in [0.15, 0.2) is 12.7 Å². The summed E-state index contributed by atoms with van der Waals surface area (Å²) in [7, 11) is 0. The average Bonchev–Trinajstić information content (AvgIpc) is 2.80. The SMILES string of the molecule is C=CCC1(CCCCO)C[C@H]1CO. The van der Waals surface area contributed by atoms with Crippen molar-refractivity contribution >= 4 is 0 Å². The van der Waals surface area contributed by atoms with E-state index in [1.165, 1.54) is 0 Å². The normalized spacial score (nSPS) is 31.7. The van der Waals surface area contributed by atoms with Gasteiger partial charge in [-0.15, -0.1) is 6.58 Å². The van der Waals surface area contributed by atoms with Crippen LogP contribution in [0.3, 0.4) is 0 Å². The van der Waals surface area contributed by atoms with E-state index in [1.807, 2.05) is 6.08 Å². The van der Waals surface area contributed by atoms with Gasteiger partial charge >= 0.3 is 0 Å². The fourth-order valence-corrected chi connectivity index (χ4v) is 2.22. The molecule has 2 N–H and O–H groups in total. The van der Waals surface area contributed by atoms with Crippen molar-refractivity contribution in [2.24, 2.45) is 11.3 Å². The molecular weight excluding hydrogens is 164 g/mol. The zero-order chi connectivity index (χ0) is 9.73. The lowest BCUT2D eigenvalue weighted by Gasteiger charge is -2.13. The highest BCUT2D eigenvalue weighted by Gasteiger charge is 2.51. The molecule has 1 rings (SSSR count). The summed E-state index contributed by atoms with van der Waals surface area (Å²) < 4.78 is 0. The maximum atomic E-state index is 9.04. The Morgan fingerprint density at radius 1 is 1.38 bits per heavy atom. The molecule has 1 aliphatic rings. The van der Waals surface area contributed by atoms with E-state index in [2.05, 4.69) is 6.58 Å². The van der Waals surface area contributed by atoms with E-state index in [0.29, 0.717) is 17.9 Å². The third-order valence-corrected chi connectivity index (χ3v) is 3.21. The zero-order valence-electron chi connectivity index (χ0n) is 8.21. The Morgan fingerprint density at radius 2 is 2.15 bits per heavy atom. The molecule has 0 aromatic heterocycles. The summed E-state index contributed by atoms with van der Waals surface area (Å²) in [5.41, 5.74) is 0.339. The molecule has 1 aliphatic carbocycles. The zero-order valence-corrected chi connectivity index (χ0v) is 8.21. The first kappa shape index (κ1) is 10.7. The van der Waals surface area contributed by atoms with Crippen molar-refractivity contribution in [3.63, 3.8) is 0 Å². The molecule has 1 unspecified atom stereocenters. The van der Waals surface area contributed by atoms with Crippen LogP contribution in [0.4, 0.5) is 0 Å². The molecule has 76 valence electrons. The van der Waals surface area contributed by atoms with E-state index in [0.717, 1.165) is 32.1 Å². The lowest BCUT2D eigenvalue weighted by Crippen LogP contribution is -2.06. The van der Waals surface area contributed by atoms with Gasteiger partial charge in [0.25, 0.3) is 0 Å². The molecule has 2 atom stereocenters. The third-order valence-electron chi connectivity index (χ3n) is 3.21. The number of aliphatic hydroxyl groups excluding tert-OH is 2. The number of aliphatic hydroxyl groups is 2. The van der Waals surface area contributed by atoms with E-state index in [9.17, 15) is 0 Å². The first-order valence-electron chi connectivity index (χ1n) is 5.11. The minimum Gasteiger partial charge on any atom is -0.396 e. The lowest BCUT2D eigenvalue weighted by molar-refractivity contribution is 0.236. The van der Waals surface area contributed by atoms with Crippen molar-refractivity contribution in [3.05, 3.63) is 12.7 Å². The molecule has 1 saturated carbocycles. The summed E-state index contributed by atoms with van der Waals surface area (Å²) in [4.78, 5) is 0. The van der Waals surface area contributed by atoms with Crippen molar-refractivity contribution in [3.8, 4) is 0 Å². The van der Waals surface area contributed by atoms with Gasteiger partial charge in [-0.3, -0.25) is 0 Å². The molecule has 0 spiro atoms. The highest BCUT2D eigenvalue weighted by atomic mass is 16.3. The van der Waals surface area contributed by atoms with Gasteiger partial charge in [0.2, 0.25) is 0 Å². The van der Waals surface area contributed by atoms with Gasteiger partial charge in [0.1, 0.15) is 0 Å². The van der Waals surface area contributed by atoms with Crippen molar-refractivity contribution in [2.75, 3.05) is 13.2 Å². The first-order chi connectivity index (χ1) is 6.29. The van der Waals surface area contributed by atoms with Crippen LogP contribution in [0.25, 0.3) is 0 Å². The van der Waals surface area contributed by atoms with Crippen LogP contribution in [-0.2, 0) is 0 Å². The Kier molecular flexibility index (Phi) is 3.94. The van der Waals surface area contributed by atoms with E-state index < -0.39 is 0 Å². The monoisotopic (exact) mass is 184 g/mol. The van der Waals surface area contributed by atoms with Crippen LogP contribution >= 0.6 is 0 Å². The summed E-state index contributed by atoms with van der Waals surface area (Å²) in [6, 6.07) is 0. The van der Waals surface area contributed by atoms with Gasteiger partial charge in [0, 0.05) is 13.2 Å². The topological polar surface area (TPSA) is 40.5 Å². The molecule has 2 heteroatoms. The molecule has 0 aromatic rings. The minimum atomic E-state index is 0.286. The Bertz CT molecular complexity index is 167. The van der Waals surface area contributed by atoms with Gasteiger partial charge in [-0.05, 0) is 37.0 Å². The van der Waals surface area contributed by atoms with Gasteiger partial charge in [0.05, 0.1) is 0 Å². The largest absolute Gasteiger partial charge is 0.396 e. The predicted octanol–water partition coefficient (Wildman–Crippen LogP) is 1.72. The molecule has 13 heavy (non-hydrogen) atoms. The standard InChI is InChI=1S/C11H20O2/c1-2-5-11(6-3-4-7-12)8-10(11)9-13/h2,10,12-13H,1,3-9H2/t10-,11?/m0/s1. The summed E-state index contributed by atoms with van der Waals surface area (Å²) >= 11 is 0. The molecular formula is C11H20O2. The van der Waals surface area contributed by atoms with Crippen LogP contribution in [0, 0.1) is 11.3 Å². The van der Waals surface area contributed by atoms with Crippen LogP contribution in [0.2, 0.25) is 0 Å². The maximum absolute atomic E-state index is 9.04. The van der Waals surface area contributed by atoms with Crippen molar-refractivity contribution in [2.45, 2.75) is 32.1 Å². The van der Waals surface area contributed by atoms with Crippen LogP contribution in [0.1, 0.15) is 32.1 Å². The van der Waals surface area contributed by atoms with Crippen LogP contribution < -0.4 is 0 Å². The second kappa shape index (κ2) is 4.77. The highest BCUT2D eigenvalue weighted by Crippen LogP contribution is 2.58. The molecule has 0 bridgehead atoms. The fraction of sp³-hybridized carbons (Fsp3) is 0.818. The Labute approximate surface area is 80.3 Å². The van der Waals surface area contributed by atoms with E-state index in [4.69, 9.17) is 10.2 Å². The molecule has 0 saturated heterocycles. The molecule has 2 nitrogen and oxygen atoms in total. The van der Waals surface area contributed by atoms with E-state index >= 15 is 0 Å². The average molecular weight is 184 g/mol. The Morgan fingerprint density at radius 3 is 2.62 bits per heavy atom. The number of allylic oxidation sites excluding steroid dienone is 1. The summed E-state index contributed by atoms with van der Waals surface area (Å²) in [5.74, 6) is 0.490. The van der Waals surface area contributed by atoms with Crippen LogP contribution in [-0.4, -0.2) is 23.4 Å². The van der Waals surface area contributed by atoms with Crippen molar-refractivity contribution < 1.29 is 10.2 Å². The van der Waals surface area contributed by atoms with Crippen molar-refractivity contribution in [1.82, 2.24) is 0 Å². The van der Waals surface area contributed by atoms with Gasteiger partial charge < -0.3 is 10.2 Å². The second-order valence-electron chi connectivity index (χ2n) is 4.12. The van der Waals surface area contributed by atoms with E-state index in [-0.39, 0.29) is 6.61 Å². The Balaban J connectivity index is 2.28. The molecule has 0 aliphatic heterocycles. The van der Waals surface area contributed by atoms with E-state index in [1.54, 1.807) is 0 Å². The minimum absolute atomic E-state index is 0.286. The molecule has 0 heterocycles. The predicted molar refractivity (Wildman–Crippen MR) is 53.4 cm³/mol. The Hall–Kier alpha value is -0.340. The van der Waals surface area contributed by atoms with Crippen LogP contribution in [0.5, 0.6) is 0 Å². The quantitative estimate of drug-likeness (QED) is 0.467. The number of hydrogen-bond acceptors (Lipinski definition) is 2. The summed E-state index contributed by atoms with van der Waals surface area (Å²) in [6.45, 7) is 4.35. The van der Waals surface area contributed by atoms with Gasteiger partial charge in [-0.2, -0.15) is 0 Å². The number of hydrogen-bond donors (Lipinski definition) is 2. The second-order valence-corrected chi connectivity index (χ2v) is 4.12.